The molecule has 1 saturated heterocycles. The molecule has 0 aliphatic carbocycles. The molecule has 2 aliphatic rings. The van der Waals surface area contributed by atoms with E-state index >= 15 is 0 Å². The molecule has 2 heterocycles. The number of anilines is 1. The van der Waals surface area contributed by atoms with Crippen LogP contribution in [0.5, 0.6) is 0 Å². The molecule has 2 aromatic carbocycles. The zero-order chi connectivity index (χ0) is 15.1. The van der Waals surface area contributed by atoms with Crippen LogP contribution in [-0.4, -0.2) is 19.1 Å². The zero-order valence-corrected chi connectivity index (χ0v) is 13.7. The second kappa shape index (κ2) is 5.77. The molecule has 0 spiro atoms. The summed E-state index contributed by atoms with van der Waals surface area (Å²) in [6.07, 6.45) is 2.32. The molecule has 4 rings (SSSR count). The summed E-state index contributed by atoms with van der Waals surface area (Å²) < 4.78 is 0. The molecule has 2 atom stereocenters. The SMILES string of the molecule is Clc1cc(Cl)cc(-c2cccc3c2[C@@H]2CCNCC[C@@H]2N3)c1. The number of rotatable bonds is 1. The lowest BCUT2D eigenvalue weighted by Crippen LogP contribution is -2.21. The number of fused-ring (bicyclic) bond motifs is 3. The van der Waals surface area contributed by atoms with Gasteiger partial charge in [0.1, 0.15) is 0 Å². The van der Waals surface area contributed by atoms with Crippen LogP contribution in [0, 0.1) is 0 Å². The molecule has 22 heavy (non-hydrogen) atoms. The molecule has 114 valence electrons. The smallest absolute Gasteiger partial charge is 0.0426 e. The van der Waals surface area contributed by atoms with Crippen molar-refractivity contribution in [2.75, 3.05) is 18.4 Å². The average molecular weight is 333 g/mol. The van der Waals surface area contributed by atoms with Crippen molar-refractivity contribution < 1.29 is 0 Å². The third-order valence-electron chi connectivity index (χ3n) is 4.74. The fourth-order valence-corrected chi connectivity index (χ4v) is 4.34. The van der Waals surface area contributed by atoms with Gasteiger partial charge < -0.3 is 10.6 Å². The highest BCUT2D eigenvalue weighted by Crippen LogP contribution is 2.45. The van der Waals surface area contributed by atoms with Gasteiger partial charge in [0.05, 0.1) is 0 Å². The maximum absolute atomic E-state index is 6.20. The van der Waals surface area contributed by atoms with Crippen molar-refractivity contribution >= 4 is 28.9 Å². The first kappa shape index (κ1) is 14.4. The van der Waals surface area contributed by atoms with Gasteiger partial charge in [0.2, 0.25) is 0 Å². The molecule has 0 bridgehead atoms. The van der Waals surface area contributed by atoms with Crippen LogP contribution in [0.1, 0.15) is 24.3 Å². The van der Waals surface area contributed by atoms with Crippen LogP contribution in [0.15, 0.2) is 36.4 Å². The van der Waals surface area contributed by atoms with Crippen molar-refractivity contribution in [1.82, 2.24) is 5.32 Å². The first-order chi connectivity index (χ1) is 10.7. The highest BCUT2D eigenvalue weighted by molar-refractivity contribution is 6.35. The van der Waals surface area contributed by atoms with E-state index in [0.29, 0.717) is 22.0 Å². The molecule has 2 nitrogen and oxygen atoms in total. The fourth-order valence-electron chi connectivity index (χ4n) is 3.81. The van der Waals surface area contributed by atoms with Crippen LogP contribution in [0.2, 0.25) is 10.0 Å². The third kappa shape index (κ3) is 2.50. The van der Waals surface area contributed by atoms with E-state index in [2.05, 4.69) is 28.8 Å². The number of hydrogen-bond donors (Lipinski definition) is 2. The molecule has 2 aromatic rings. The van der Waals surface area contributed by atoms with E-state index in [1.807, 2.05) is 12.1 Å². The van der Waals surface area contributed by atoms with Gasteiger partial charge in [0.15, 0.2) is 0 Å². The monoisotopic (exact) mass is 332 g/mol. The lowest BCUT2D eigenvalue weighted by atomic mass is 9.86. The largest absolute Gasteiger partial charge is 0.381 e. The Balaban J connectivity index is 1.84. The molecule has 2 aliphatic heterocycles. The van der Waals surface area contributed by atoms with Crippen molar-refractivity contribution in [3.63, 3.8) is 0 Å². The van der Waals surface area contributed by atoms with Gasteiger partial charge in [-0.3, -0.25) is 0 Å². The van der Waals surface area contributed by atoms with Crippen LogP contribution in [0.3, 0.4) is 0 Å². The van der Waals surface area contributed by atoms with Crippen LogP contribution < -0.4 is 10.6 Å². The predicted octanol–water partition coefficient (Wildman–Crippen LogP) is 4.92. The number of halogens is 2. The maximum Gasteiger partial charge on any atom is 0.0426 e. The first-order valence-electron chi connectivity index (χ1n) is 7.79. The molecule has 0 unspecified atom stereocenters. The lowest BCUT2D eigenvalue weighted by Gasteiger charge is -2.18. The van der Waals surface area contributed by atoms with Crippen LogP contribution in [0.25, 0.3) is 11.1 Å². The molecule has 2 N–H and O–H groups in total. The number of nitrogens with one attached hydrogen (secondary N) is 2. The molecular weight excluding hydrogens is 315 g/mol. The van der Waals surface area contributed by atoms with Crippen LogP contribution in [-0.2, 0) is 0 Å². The summed E-state index contributed by atoms with van der Waals surface area (Å²) in [6.45, 7) is 2.16. The molecule has 0 amide bonds. The van der Waals surface area contributed by atoms with Crippen molar-refractivity contribution in [2.45, 2.75) is 24.8 Å². The zero-order valence-electron chi connectivity index (χ0n) is 12.2. The number of hydrogen-bond acceptors (Lipinski definition) is 2. The molecule has 0 aromatic heterocycles. The number of benzene rings is 2. The minimum absolute atomic E-state index is 0.529. The summed E-state index contributed by atoms with van der Waals surface area (Å²) in [5.41, 5.74) is 5.05. The van der Waals surface area contributed by atoms with Crippen molar-refractivity contribution in [3.8, 4) is 11.1 Å². The van der Waals surface area contributed by atoms with Gasteiger partial charge in [-0.2, -0.15) is 0 Å². The van der Waals surface area contributed by atoms with Gasteiger partial charge >= 0.3 is 0 Å². The minimum Gasteiger partial charge on any atom is -0.381 e. The summed E-state index contributed by atoms with van der Waals surface area (Å²) in [5.74, 6) is 0.555. The minimum atomic E-state index is 0.529. The lowest BCUT2D eigenvalue weighted by molar-refractivity contribution is 0.579. The summed E-state index contributed by atoms with van der Waals surface area (Å²) in [7, 11) is 0. The van der Waals surface area contributed by atoms with E-state index in [0.717, 1.165) is 31.5 Å². The second-order valence-electron chi connectivity index (χ2n) is 6.11. The molecule has 0 saturated carbocycles. The highest BCUT2D eigenvalue weighted by atomic mass is 35.5. The quantitative estimate of drug-likeness (QED) is 0.774. The Labute approximate surface area is 140 Å². The van der Waals surface area contributed by atoms with E-state index in [1.165, 1.54) is 16.8 Å². The Morgan fingerprint density at radius 3 is 2.55 bits per heavy atom. The van der Waals surface area contributed by atoms with Crippen molar-refractivity contribution in [1.29, 1.82) is 0 Å². The molecule has 0 radical (unpaired) electrons. The van der Waals surface area contributed by atoms with Gasteiger partial charge in [-0.15, -0.1) is 0 Å². The molecular formula is C18H18Cl2N2. The van der Waals surface area contributed by atoms with Crippen LogP contribution >= 0.6 is 23.2 Å². The van der Waals surface area contributed by atoms with Crippen molar-refractivity contribution in [2.24, 2.45) is 0 Å². The normalized spacial score (nSPS) is 23.4. The summed E-state index contributed by atoms with van der Waals surface area (Å²) in [4.78, 5) is 0. The van der Waals surface area contributed by atoms with Gasteiger partial charge in [0, 0.05) is 27.7 Å². The van der Waals surface area contributed by atoms with Gasteiger partial charge in [-0.1, -0.05) is 35.3 Å². The van der Waals surface area contributed by atoms with Gasteiger partial charge in [0.25, 0.3) is 0 Å². The Hall–Kier alpha value is -1.22. The predicted molar refractivity (Wildman–Crippen MR) is 94.2 cm³/mol. The highest BCUT2D eigenvalue weighted by Gasteiger charge is 2.34. The average Bonchev–Trinajstić information content (AvgIpc) is 2.68. The standard InChI is InChI=1S/C18H18Cl2N2/c19-12-8-11(9-13(20)10-12)14-2-1-3-17-18(14)15-4-6-21-7-5-16(15)22-17/h1-3,8-10,15-16,21-22H,4-7H2/t15-,16+/m1/s1. The van der Waals surface area contributed by atoms with Crippen molar-refractivity contribution in [3.05, 3.63) is 52.0 Å². The van der Waals surface area contributed by atoms with Gasteiger partial charge in [-0.25, -0.2) is 0 Å². The molecule has 1 fully saturated rings. The Kier molecular flexibility index (Phi) is 3.77. The Morgan fingerprint density at radius 1 is 0.955 bits per heavy atom. The summed E-state index contributed by atoms with van der Waals surface area (Å²) in [5, 5.41) is 8.58. The van der Waals surface area contributed by atoms with E-state index in [9.17, 15) is 0 Å². The van der Waals surface area contributed by atoms with E-state index in [-0.39, 0.29) is 0 Å². The van der Waals surface area contributed by atoms with E-state index < -0.39 is 0 Å². The van der Waals surface area contributed by atoms with E-state index in [1.54, 1.807) is 6.07 Å². The first-order valence-corrected chi connectivity index (χ1v) is 8.54. The second-order valence-corrected chi connectivity index (χ2v) is 6.98. The van der Waals surface area contributed by atoms with E-state index in [4.69, 9.17) is 23.2 Å². The fraction of sp³-hybridized carbons (Fsp3) is 0.333. The van der Waals surface area contributed by atoms with Crippen LogP contribution in [0.4, 0.5) is 5.69 Å². The molecule has 4 heteroatoms. The topological polar surface area (TPSA) is 24.1 Å². The Bertz CT molecular complexity index is 694. The van der Waals surface area contributed by atoms with Gasteiger partial charge in [-0.05, 0) is 66.9 Å². The summed E-state index contributed by atoms with van der Waals surface area (Å²) in [6, 6.07) is 12.8. The maximum atomic E-state index is 6.20. The summed E-state index contributed by atoms with van der Waals surface area (Å²) >= 11 is 12.4. The third-order valence-corrected chi connectivity index (χ3v) is 5.18. The Morgan fingerprint density at radius 2 is 1.73 bits per heavy atom.